The Morgan fingerprint density at radius 3 is 2.71 bits per heavy atom. The zero-order chi connectivity index (χ0) is 19.9. The van der Waals surface area contributed by atoms with E-state index < -0.39 is 9.84 Å². The number of aromatic amines is 1. The van der Waals surface area contributed by atoms with E-state index in [0.29, 0.717) is 17.0 Å². The highest BCUT2D eigenvalue weighted by atomic mass is 35.5. The first-order chi connectivity index (χ1) is 13.4. The van der Waals surface area contributed by atoms with Gasteiger partial charge in [-0.2, -0.15) is 0 Å². The maximum atomic E-state index is 13.8. The van der Waals surface area contributed by atoms with Crippen LogP contribution in [0.4, 0.5) is 4.39 Å². The average Bonchev–Trinajstić information content (AvgIpc) is 2.97. The summed E-state index contributed by atoms with van der Waals surface area (Å²) in [6, 6.07) is 14.0. The van der Waals surface area contributed by atoms with Crippen LogP contribution in [0.1, 0.15) is 16.8 Å². The Kier molecular flexibility index (Phi) is 4.69. The van der Waals surface area contributed by atoms with Gasteiger partial charge in [0.05, 0.1) is 4.90 Å². The van der Waals surface area contributed by atoms with Crippen molar-refractivity contribution in [1.82, 2.24) is 9.97 Å². The Morgan fingerprint density at radius 2 is 1.93 bits per heavy atom. The van der Waals surface area contributed by atoms with Gasteiger partial charge in [0.15, 0.2) is 5.03 Å². The minimum absolute atomic E-state index is 0.0255. The number of H-pyrrole nitrogens is 1. The number of aryl methyl sites for hydroxylation is 1. The van der Waals surface area contributed by atoms with Crippen LogP contribution in [-0.2, 0) is 16.3 Å². The lowest BCUT2D eigenvalue weighted by Crippen LogP contribution is -2.09. The summed E-state index contributed by atoms with van der Waals surface area (Å²) in [5.41, 5.74) is 3.04. The molecule has 28 heavy (non-hydrogen) atoms. The SMILES string of the molecule is Cc1[nH]c2ccc(F)cc2c1Cc1cccnc1S(=O)(=O)c1cccc(Cl)c1. The second-order valence-corrected chi connectivity index (χ2v) is 8.83. The van der Waals surface area contributed by atoms with E-state index in [1.54, 1.807) is 30.3 Å². The van der Waals surface area contributed by atoms with Crippen LogP contribution in [0.5, 0.6) is 0 Å². The van der Waals surface area contributed by atoms with Gasteiger partial charge in [-0.15, -0.1) is 0 Å². The van der Waals surface area contributed by atoms with Crippen LogP contribution in [0.25, 0.3) is 10.9 Å². The molecule has 0 aliphatic rings. The Bertz CT molecular complexity index is 1300. The van der Waals surface area contributed by atoms with E-state index in [1.807, 2.05) is 6.92 Å². The van der Waals surface area contributed by atoms with E-state index >= 15 is 0 Å². The molecule has 2 heterocycles. The Labute approximate surface area is 166 Å². The van der Waals surface area contributed by atoms with Gasteiger partial charge in [0, 0.05) is 34.2 Å². The summed E-state index contributed by atoms with van der Waals surface area (Å²) in [5, 5.41) is 1.04. The van der Waals surface area contributed by atoms with Crippen LogP contribution >= 0.6 is 11.6 Å². The molecule has 0 radical (unpaired) electrons. The third-order valence-corrected chi connectivity index (χ3v) is 6.65. The maximum Gasteiger partial charge on any atom is 0.224 e. The third kappa shape index (κ3) is 3.30. The molecule has 0 aliphatic carbocycles. The summed E-state index contributed by atoms with van der Waals surface area (Å²) in [6.45, 7) is 1.88. The number of nitrogens with zero attached hydrogens (tertiary/aromatic N) is 1. The lowest BCUT2D eigenvalue weighted by Gasteiger charge is -2.10. The summed E-state index contributed by atoms with van der Waals surface area (Å²) < 4.78 is 40.1. The van der Waals surface area contributed by atoms with E-state index in [4.69, 9.17) is 11.6 Å². The summed E-state index contributed by atoms with van der Waals surface area (Å²) in [4.78, 5) is 7.45. The van der Waals surface area contributed by atoms with Gasteiger partial charge >= 0.3 is 0 Å². The molecule has 0 saturated carbocycles. The monoisotopic (exact) mass is 414 g/mol. The number of hydrogen-bond acceptors (Lipinski definition) is 3. The normalized spacial score (nSPS) is 11.8. The van der Waals surface area contributed by atoms with Gasteiger partial charge in [-0.1, -0.05) is 23.7 Å². The number of sulfone groups is 1. The van der Waals surface area contributed by atoms with E-state index in [0.717, 1.165) is 22.2 Å². The van der Waals surface area contributed by atoms with Gasteiger partial charge in [-0.05, 0) is 60.5 Å². The lowest BCUT2D eigenvalue weighted by molar-refractivity contribution is 0.591. The van der Waals surface area contributed by atoms with Gasteiger partial charge in [0.25, 0.3) is 0 Å². The largest absolute Gasteiger partial charge is 0.358 e. The minimum atomic E-state index is -3.85. The van der Waals surface area contributed by atoms with Crippen LogP contribution in [0.3, 0.4) is 0 Å². The van der Waals surface area contributed by atoms with Gasteiger partial charge < -0.3 is 4.98 Å². The number of fused-ring (bicyclic) bond motifs is 1. The van der Waals surface area contributed by atoms with Gasteiger partial charge in [-0.25, -0.2) is 17.8 Å². The molecule has 142 valence electrons. The van der Waals surface area contributed by atoms with Crippen molar-refractivity contribution in [3.05, 3.63) is 88.5 Å². The first kappa shape index (κ1) is 18.7. The molecule has 0 bridgehead atoms. The molecular formula is C21H16ClFN2O2S. The first-order valence-electron chi connectivity index (χ1n) is 8.57. The number of pyridine rings is 1. The molecule has 4 rings (SSSR count). The number of benzene rings is 2. The standard InChI is InChI=1S/C21H16ClFN2O2S/c1-13-18(19-12-16(23)7-8-20(19)25-13)10-14-4-3-9-24-21(14)28(26,27)17-6-2-5-15(22)11-17/h2-9,11-12,25H,10H2,1H3. The first-order valence-corrected chi connectivity index (χ1v) is 10.4. The Morgan fingerprint density at radius 1 is 1.11 bits per heavy atom. The molecule has 0 aliphatic heterocycles. The summed E-state index contributed by atoms with van der Waals surface area (Å²) in [7, 11) is -3.85. The van der Waals surface area contributed by atoms with Gasteiger partial charge in [0.1, 0.15) is 5.82 Å². The summed E-state index contributed by atoms with van der Waals surface area (Å²) in [5.74, 6) is -0.342. The van der Waals surface area contributed by atoms with Crippen molar-refractivity contribution in [3.63, 3.8) is 0 Å². The van der Waals surface area contributed by atoms with Crippen molar-refractivity contribution >= 4 is 32.3 Å². The van der Waals surface area contributed by atoms with Crippen molar-refractivity contribution < 1.29 is 12.8 Å². The van der Waals surface area contributed by atoms with Crippen molar-refractivity contribution in [1.29, 1.82) is 0 Å². The van der Waals surface area contributed by atoms with Crippen LogP contribution < -0.4 is 0 Å². The van der Waals surface area contributed by atoms with Crippen molar-refractivity contribution in [2.75, 3.05) is 0 Å². The van der Waals surface area contributed by atoms with Crippen LogP contribution in [0.2, 0.25) is 5.02 Å². The van der Waals surface area contributed by atoms with Crippen LogP contribution in [0, 0.1) is 12.7 Å². The number of rotatable bonds is 4. The van der Waals surface area contributed by atoms with E-state index in [-0.39, 0.29) is 15.7 Å². The summed E-state index contributed by atoms with van der Waals surface area (Å²) >= 11 is 5.97. The molecule has 7 heteroatoms. The van der Waals surface area contributed by atoms with Crippen molar-refractivity contribution in [2.24, 2.45) is 0 Å². The molecule has 2 aromatic carbocycles. The molecule has 4 aromatic rings. The predicted molar refractivity (Wildman–Crippen MR) is 107 cm³/mol. The molecule has 0 atom stereocenters. The lowest BCUT2D eigenvalue weighted by atomic mass is 10.0. The fraction of sp³-hybridized carbons (Fsp3) is 0.0952. The molecule has 0 unspecified atom stereocenters. The second kappa shape index (κ2) is 7.04. The third-order valence-electron chi connectivity index (χ3n) is 4.66. The number of nitrogens with one attached hydrogen (secondary N) is 1. The zero-order valence-electron chi connectivity index (χ0n) is 14.9. The topological polar surface area (TPSA) is 62.8 Å². The Balaban J connectivity index is 1.84. The van der Waals surface area contributed by atoms with Crippen LogP contribution in [-0.4, -0.2) is 18.4 Å². The highest BCUT2D eigenvalue weighted by Crippen LogP contribution is 2.29. The number of halogens is 2. The number of aromatic nitrogens is 2. The molecule has 0 spiro atoms. The van der Waals surface area contributed by atoms with Crippen molar-refractivity contribution in [2.45, 2.75) is 23.3 Å². The predicted octanol–water partition coefficient (Wildman–Crippen LogP) is 5.09. The molecule has 4 nitrogen and oxygen atoms in total. The minimum Gasteiger partial charge on any atom is -0.358 e. The fourth-order valence-electron chi connectivity index (χ4n) is 3.32. The van der Waals surface area contributed by atoms with Gasteiger partial charge in [0.2, 0.25) is 9.84 Å². The molecular weight excluding hydrogens is 399 g/mol. The van der Waals surface area contributed by atoms with E-state index in [9.17, 15) is 12.8 Å². The molecule has 1 N–H and O–H groups in total. The smallest absolute Gasteiger partial charge is 0.224 e. The van der Waals surface area contributed by atoms with Crippen molar-refractivity contribution in [3.8, 4) is 0 Å². The second-order valence-electron chi connectivity index (χ2n) is 6.52. The fourth-order valence-corrected chi connectivity index (χ4v) is 5.02. The molecule has 2 aromatic heterocycles. The molecule has 0 amide bonds. The highest BCUT2D eigenvalue weighted by Gasteiger charge is 2.24. The quantitative estimate of drug-likeness (QED) is 0.506. The molecule has 0 saturated heterocycles. The van der Waals surface area contributed by atoms with E-state index in [2.05, 4.69) is 9.97 Å². The summed E-state index contributed by atoms with van der Waals surface area (Å²) in [6.07, 6.45) is 1.75. The van der Waals surface area contributed by atoms with E-state index in [1.165, 1.54) is 30.5 Å². The maximum absolute atomic E-state index is 13.8. The van der Waals surface area contributed by atoms with Crippen LogP contribution in [0.15, 0.2) is 70.7 Å². The number of hydrogen-bond donors (Lipinski definition) is 1. The Hall–Kier alpha value is -2.70. The average molecular weight is 415 g/mol. The zero-order valence-corrected chi connectivity index (χ0v) is 16.5. The van der Waals surface area contributed by atoms with Gasteiger partial charge in [-0.3, -0.25) is 0 Å². The highest BCUT2D eigenvalue weighted by molar-refractivity contribution is 7.91. The molecule has 0 fully saturated rings.